The summed E-state index contributed by atoms with van der Waals surface area (Å²) >= 11 is 0. The Morgan fingerprint density at radius 3 is 1.82 bits per heavy atom. The highest BCUT2D eigenvalue weighted by Crippen LogP contribution is 2.38. The summed E-state index contributed by atoms with van der Waals surface area (Å²) in [6.07, 6.45) is -0.445. The molecule has 0 fully saturated rings. The van der Waals surface area contributed by atoms with Crippen LogP contribution in [0.3, 0.4) is 0 Å². The third kappa shape index (κ3) is 5.23. The first-order chi connectivity index (χ1) is 7.65. The highest BCUT2D eigenvalue weighted by molar-refractivity contribution is 6.74. The maximum absolute atomic E-state index is 6.06. The van der Waals surface area contributed by atoms with Crippen LogP contribution in [-0.2, 0) is 13.9 Å². The van der Waals surface area contributed by atoms with Gasteiger partial charge in [0.15, 0.2) is 0 Å². The molecule has 0 amide bonds. The lowest BCUT2D eigenvalue weighted by molar-refractivity contribution is -0.127. The van der Waals surface area contributed by atoms with Crippen LogP contribution in [0.25, 0.3) is 0 Å². The SMILES string of the molecule is C=C(O[Si](C)(C)C(C)(C)C)C(OCC)OCC. The molecule has 0 aromatic carbocycles. The molecule has 0 aliphatic rings. The molecule has 0 spiro atoms. The fraction of sp³-hybridized carbons (Fsp3) is 0.846. The molecule has 0 aliphatic heterocycles. The molecule has 0 saturated carbocycles. The van der Waals surface area contributed by atoms with Crippen molar-refractivity contribution in [2.45, 2.75) is 59.0 Å². The maximum atomic E-state index is 6.06. The van der Waals surface area contributed by atoms with E-state index in [2.05, 4.69) is 40.4 Å². The average Bonchev–Trinajstić information content (AvgIpc) is 2.14. The molecule has 0 aromatic rings. The summed E-state index contributed by atoms with van der Waals surface area (Å²) in [5, 5.41) is 0.152. The van der Waals surface area contributed by atoms with E-state index in [9.17, 15) is 0 Å². The molecular weight excluding hydrogens is 232 g/mol. The minimum Gasteiger partial charge on any atom is -0.543 e. The van der Waals surface area contributed by atoms with Crippen LogP contribution in [0.15, 0.2) is 12.3 Å². The maximum Gasteiger partial charge on any atom is 0.250 e. The van der Waals surface area contributed by atoms with Gasteiger partial charge in [0.1, 0.15) is 5.76 Å². The number of rotatable bonds is 7. The van der Waals surface area contributed by atoms with E-state index in [1.54, 1.807) is 0 Å². The van der Waals surface area contributed by atoms with Crippen molar-refractivity contribution >= 4 is 8.32 Å². The van der Waals surface area contributed by atoms with Gasteiger partial charge in [-0.3, -0.25) is 0 Å². The van der Waals surface area contributed by atoms with Crippen molar-refractivity contribution in [2.75, 3.05) is 13.2 Å². The molecule has 0 heterocycles. The largest absolute Gasteiger partial charge is 0.543 e. The predicted octanol–water partition coefficient (Wildman–Crippen LogP) is 3.92. The van der Waals surface area contributed by atoms with E-state index in [1.165, 1.54) is 0 Å². The van der Waals surface area contributed by atoms with E-state index in [0.29, 0.717) is 19.0 Å². The molecule has 0 unspecified atom stereocenters. The Hall–Kier alpha value is -0.323. The summed E-state index contributed by atoms with van der Waals surface area (Å²) < 4.78 is 17.0. The fourth-order valence-corrected chi connectivity index (χ4v) is 2.12. The van der Waals surface area contributed by atoms with Gasteiger partial charge >= 0.3 is 0 Å². The molecule has 102 valence electrons. The molecule has 0 rings (SSSR count). The zero-order chi connectivity index (χ0) is 13.7. The van der Waals surface area contributed by atoms with Gasteiger partial charge in [0.25, 0.3) is 0 Å². The first kappa shape index (κ1) is 16.7. The Balaban J connectivity index is 4.59. The summed E-state index contributed by atoms with van der Waals surface area (Å²) in [4.78, 5) is 0. The molecule has 0 radical (unpaired) electrons. The van der Waals surface area contributed by atoms with Crippen LogP contribution in [0, 0.1) is 0 Å². The van der Waals surface area contributed by atoms with E-state index in [-0.39, 0.29) is 5.04 Å². The predicted molar refractivity (Wildman–Crippen MR) is 74.5 cm³/mol. The van der Waals surface area contributed by atoms with Gasteiger partial charge in [0, 0.05) is 13.2 Å². The fourth-order valence-electron chi connectivity index (χ4n) is 1.07. The lowest BCUT2D eigenvalue weighted by Crippen LogP contribution is -2.42. The first-order valence-electron chi connectivity index (χ1n) is 6.26. The first-order valence-corrected chi connectivity index (χ1v) is 9.17. The van der Waals surface area contributed by atoms with Gasteiger partial charge in [-0.05, 0) is 32.0 Å². The minimum absolute atomic E-state index is 0.152. The van der Waals surface area contributed by atoms with Crippen LogP contribution >= 0.6 is 0 Å². The second kappa shape index (κ2) is 6.57. The molecule has 0 N–H and O–H groups in total. The Morgan fingerprint density at radius 2 is 1.53 bits per heavy atom. The Bertz CT molecular complexity index is 238. The van der Waals surface area contributed by atoms with Gasteiger partial charge in [0.2, 0.25) is 14.6 Å². The van der Waals surface area contributed by atoms with Crippen LogP contribution in [0.1, 0.15) is 34.6 Å². The third-order valence-corrected chi connectivity index (χ3v) is 7.48. The van der Waals surface area contributed by atoms with E-state index < -0.39 is 14.6 Å². The summed E-state index contributed by atoms with van der Waals surface area (Å²) in [7, 11) is -1.85. The van der Waals surface area contributed by atoms with Gasteiger partial charge in [-0.1, -0.05) is 27.4 Å². The second-order valence-corrected chi connectivity index (χ2v) is 10.3. The van der Waals surface area contributed by atoms with Gasteiger partial charge in [0.05, 0.1) is 0 Å². The third-order valence-electron chi connectivity index (χ3n) is 3.09. The van der Waals surface area contributed by atoms with Crippen molar-refractivity contribution < 1.29 is 13.9 Å². The van der Waals surface area contributed by atoms with Crippen molar-refractivity contribution in [1.29, 1.82) is 0 Å². The molecular formula is C13H28O3Si. The molecule has 0 aliphatic carbocycles. The molecule has 0 saturated heterocycles. The Labute approximate surface area is 107 Å². The van der Waals surface area contributed by atoms with Crippen LogP contribution in [-0.4, -0.2) is 27.8 Å². The molecule has 0 atom stereocenters. The van der Waals surface area contributed by atoms with Crippen molar-refractivity contribution in [3.63, 3.8) is 0 Å². The Kier molecular flexibility index (Phi) is 6.44. The van der Waals surface area contributed by atoms with E-state index in [4.69, 9.17) is 13.9 Å². The van der Waals surface area contributed by atoms with Crippen LogP contribution < -0.4 is 0 Å². The topological polar surface area (TPSA) is 27.7 Å². The van der Waals surface area contributed by atoms with Crippen molar-refractivity contribution in [1.82, 2.24) is 0 Å². The number of hydrogen-bond donors (Lipinski definition) is 0. The van der Waals surface area contributed by atoms with Gasteiger partial charge in [-0.25, -0.2) is 0 Å². The van der Waals surface area contributed by atoms with E-state index in [1.807, 2.05) is 13.8 Å². The number of ether oxygens (including phenoxy) is 2. The number of hydrogen-bond acceptors (Lipinski definition) is 3. The summed E-state index contributed by atoms with van der Waals surface area (Å²) in [5.74, 6) is 0.597. The molecule has 17 heavy (non-hydrogen) atoms. The molecule has 0 bridgehead atoms. The van der Waals surface area contributed by atoms with Gasteiger partial charge < -0.3 is 13.9 Å². The quantitative estimate of drug-likeness (QED) is 0.394. The summed E-state index contributed by atoms with van der Waals surface area (Å²) in [6.45, 7) is 20.0. The van der Waals surface area contributed by atoms with E-state index >= 15 is 0 Å². The van der Waals surface area contributed by atoms with Crippen molar-refractivity contribution in [3.8, 4) is 0 Å². The van der Waals surface area contributed by atoms with Gasteiger partial charge in [-0.15, -0.1) is 0 Å². The Morgan fingerprint density at radius 1 is 1.12 bits per heavy atom. The summed E-state index contributed by atoms with van der Waals surface area (Å²) in [6, 6.07) is 0. The zero-order valence-electron chi connectivity index (χ0n) is 12.4. The van der Waals surface area contributed by atoms with Crippen LogP contribution in [0.5, 0.6) is 0 Å². The van der Waals surface area contributed by atoms with Crippen molar-refractivity contribution in [3.05, 3.63) is 12.3 Å². The monoisotopic (exact) mass is 260 g/mol. The second-order valence-electron chi connectivity index (χ2n) is 5.57. The highest BCUT2D eigenvalue weighted by atomic mass is 28.4. The average molecular weight is 260 g/mol. The lowest BCUT2D eigenvalue weighted by Gasteiger charge is -2.38. The molecule has 3 nitrogen and oxygen atoms in total. The highest BCUT2D eigenvalue weighted by Gasteiger charge is 2.40. The summed E-state index contributed by atoms with van der Waals surface area (Å²) in [5.41, 5.74) is 0. The van der Waals surface area contributed by atoms with Crippen molar-refractivity contribution in [2.24, 2.45) is 0 Å². The lowest BCUT2D eigenvalue weighted by atomic mass is 10.2. The van der Waals surface area contributed by atoms with E-state index in [0.717, 1.165) is 0 Å². The van der Waals surface area contributed by atoms with Crippen LogP contribution in [0.2, 0.25) is 18.1 Å². The van der Waals surface area contributed by atoms with Gasteiger partial charge in [-0.2, -0.15) is 0 Å². The molecule has 4 heteroatoms. The standard InChI is InChI=1S/C13H28O3Si/c1-9-14-12(15-10-2)11(3)16-17(7,8)13(4,5)6/h12H,3,9-10H2,1-2,4-8H3. The smallest absolute Gasteiger partial charge is 0.250 e. The molecule has 0 aromatic heterocycles. The minimum atomic E-state index is -1.85. The van der Waals surface area contributed by atoms with Crippen LogP contribution in [0.4, 0.5) is 0 Å². The normalized spacial score (nSPS) is 12.9. The zero-order valence-corrected chi connectivity index (χ0v) is 13.4.